The molecule has 1 amide bonds. The normalized spacial score (nSPS) is 22.9. The Morgan fingerprint density at radius 2 is 1.95 bits per heavy atom. The minimum absolute atomic E-state index is 0.125. The summed E-state index contributed by atoms with van der Waals surface area (Å²) in [6.07, 6.45) is 2.95. The van der Waals surface area contributed by atoms with Crippen molar-refractivity contribution in [2.24, 2.45) is 5.92 Å². The minimum Gasteiger partial charge on any atom is -0.481 e. The van der Waals surface area contributed by atoms with Crippen LogP contribution in [-0.4, -0.2) is 34.2 Å². The molecule has 1 aliphatic carbocycles. The van der Waals surface area contributed by atoms with Gasteiger partial charge in [-0.3, -0.25) is 4.79 Å². The topological polar surface area (TPSA) is 66.8 Å². The molecular formula is C16H19NO4. The molecule has 1 aromatic rings. The Kier molecular flexibility index (Phi) is 3.57. The summed E-state index contributed by atoms with van der Waals surface area (Å²) in [4.78, 5) is 25.1. The van der Waals surface area contributed by atoms with E-state index in [2.05, 4.69) is 0 Å². The third-order valence-corrected chi connectivity index (χ3v) is 4.54. The van der Waals surface area contributed by atoms with Crippen LogP contribution in [0, 0.1) is 5.92 Å². The number of hydrogen-bond acceptors (Lipinski definition) is 3. The van der Waals surface area contributed by atoms with E-state index in [-0.39, 0.29) is 24.8 Å². The van der Waals surface area contributed by atoms with Crippen molar-refractivity contribution in [3.05, 3.63) is 35.9 Å². The first-order valence-electron chi connectivity index (χ1n) is 7.32. The van der Waals surface area contributed by atoms with Crippen molar-refractivity contribution >= 4 is 12.1 Å². The summed E-state index contributed by atoms with van der Waals surface area (Å²) in [5, 5.41) is 9.16. The zero-order chi connectivity index (χ0) is 14.9. The third kappa shape index (κ3) is 2.86. The van der Waals surface area contributed by atoms with Crippen LogP contribution in [0.1, 0.15) is 31.2 Å². The van der Waals surface area contributed by atoms with Crippen LogP contribution >= 0.6 is 0 Å². The molecule has 1 unspecified atom stereocenters. The zero-order valence-electron chi connectivity index (χ0n) is 11.8. The summed E-state index contributed by atoms with van der Waals surface area (Å²) >= 11 is 0. The summed E-state index contributed by atoms with van der Waals surface area (Å²) in [5.74, 6) is -1.30. The standard InChI is InChI=1S/C16H19NO4/c18-14(19)13-6-7-16(8-9-16)17(10-13)15(20)21-11-12-4-2-1-3-5-12/h1-5,13H,6-11H2,(H,18,19). The fourth-order valence-electron chi connectivity index (χ4n) is 3.01. The van der Waals surface area contributed by atoms with Gasteiger partial charge in [-0.1, -0.05) is 30.3 Å². The lowest BCUT2D eigenvalue weighted by Crippen LogP contribution is -2.50. The number of aliphatic carboxylic acids is 1. The van der Waals surface area contributed by atoms with Gasteiger partial charge in [0.1, 0.15) is 6.61 Å². The van der Waals surface area contributed by atoms with E-state index in [1.54, 1.807) is 4.90 Å². The second-order valence-electron chi connectivity index (χ2n) is 5.95. The summed E-state index contributed by atoms with van der Waals surface area (Å²) in [7, 11) is 0. The van der Waals surface area contributed by atoms with Crippen molar-refractivity contribution < 1.29 is 19.4 Å². The van der Waals surface area contributed by atoms with Gasteiger partial charge in [-0.2, -0.15) is 0 Å². The number of piperidine rings is 1. The van der Waals surface area contributed by atoms with Gasteiger partial charge in [0, 0.05) is 12.1 Å². The molecule has 21 heavy (non-hydrogen) atoms. The Labute approximate surface area is 123 Å². The van der Waals surface area contributed by atoms with E-state index >= 15 is 0 Å². The molecule has 5 nitrogen and oxygen atoms in total. The minimum atomic E-state index is -0.827. The zero-order valence-corrected chi connectivity index (χ0v) is 11.8. The van der Waals surface area contributed by atoms with Gasteiger partial charge in [0.15, 0.2) is 0 Å². The number of likely N-dealkylation sites (tertiary alicyclic amines) is 1. The highest BCUT2D eigenvalue weighted by Gasteiger charge is 2.54. The second kappa shape index (κ2) is 5.39. The van der Waals surface area contributed by atoms with Gasteiger partial charge in [-0.15, -0.1) is 0 Å². The van der Waals surface area contributed by atoms with E-state index in [0.717, 1.165) is 24.8 Å². The molecule has 1 aliphatic heterocycles. The summed E-state index contributed by atoms with van der Waals surface area (Å²) in [6, 6.07) is 9.50. The number of carboxylic acid groups (broad SMARTS) is 1. The predicted molar refractivity (Wildman–Crippen MR) is 75.7 cm³/mol. The number of ether oxygens (including phenoxy) is 1. The average molecular weight is 289 g/mol. The van der Waals surface area contributed by atoms with Crippen molar-refractivity contribution in [1.29, 1.82) is 0 Å². The number of nitrogens with zero attached hydrogens (tertiary/aromatic N) is 1. The average Bonchev–Trinajstić information content (AvgIpc) is 3.26. The molecule has 1 spiro atoms. The highest BCUT2D eigenvalue weighted by atomic mass is 16.6. The van der Waals surface area contributed by atoms with E-state index < -0.39 is 11.9 Å². The van der Waals surface area contributed by atoms with Crippen molar-refractivity contribution in [2.45, 2.75) is 37.8 Å². The lowest BCUT2D eigenvalue weighted by Gasteiger charge is -2.38. The number of hydrogen-bond donors (Lipinski definition) is 1. The molecule has 5 heteroatoms. The van der Waals surface area contributed by atoms with Crippen LogP contribution in [0.4, 0.5) is 4.79 Å². The molecule has 1 atom stereocenters. The molecule has 2 fully saturated rings. The monoisotopic (exact) mass is 289 g/mol. The number of carbonyl (C=O) groups excluding carboxylic acids is 1. The van der Waals surface area contributed by atoms with Crippen molar-refractivity contribution in [3.8, 4) is 0 Å². The quantitative estimate of drug-likeness (QED) is 0.929. The van der Waals surface area contributed by atoms with Crippen molar-refractivity contribution in [2.75, 3.05) is 6.54 Å². The smallest absolute Gasteiger partial charge is 0.410 e. The first-order valence-corrected chi connectivity index (χ1v) is 7.32. The van der Waals surface area contributed by atoms with E-state index in [4.69, 9.17) is 9.84 Å². The van der Waals surface area contributed by atoms with Crippen LogP contribution in [0.15, 0.2) is 30.3 Å². The van der Waals surface area contributed by atoms with Crippen LogP contribution in [0.3, 0.4) is 0 Å². The first-order chi connectivity index (χ1) is 10.1. The van der Waals surface area contributed by atoms with E-state index in [0.29, 0.717) is 6.42 Å². The highest BCUT2D eigenvalue weighted by Crippen LogP contribution is 2.49. The largest absolute Gasteiger partial charge is 0.481 e. The first kappa shape index (κ1) is 13.9. The molecule has 3 rings (SSSR count). The highest BCUT2D eigenvalue weighted by molar-refractivity contribution is 5.74. The van der Waals surface area contributed by atoms with Crippen LogP contribution in [0.2, 0.25) is 0 Å². The number of carboxylic acids is 1. The van der Waals surface area contributed by atoms with Crippen LogP contribution in [-0.2, 0) is 16.1 Å². The van der Waals surface area contributed by atoms with Gasteiger partial charge < -0.3 is 14.7 Å². The number of benzene rings is 1. The molecule has 0 radical (unpaired) electrons. The molecule has 1 N–H and O–H groups in total. The van der Waals surface area contributed by atoms with E-state index in [1.807, 2.05) is 30.3 Å². The van der Waals surface area contributed by atoms with Crippen molar-refractivity contribution in [1.82, 2.24) is 4.90 Å². The summed E-state index contributed by atoms with van der Waals surface area (Å²) < 4.78 is 5.37. The maximum Gasteiger partial charge on any atom is 0.410 e. The van der Waals surface area contributed by atoms with Gasteiger partial charge in [-0.25, -0.2) is 4.79 Å². The lowest BCUT2D eigenvalue weighted by atomic mass is 9.91. The maximum atomic E-state index is 12.3. The molecule has 0 bridgehead atoms. The fraction of sp³-hybridized carbons (Fsp3) is 0.500. The Morgan fingerprint density at radius 3 is 2.57 bits per heavy atom. The second-order valence-corrected chi connectivity index (χ2v) is 5.95. The van der Waals surface area contributed by atoms with Crippen molar-refractivity contribution in [3.63, 3.8) is 0 Å². The number of amides is 1. The molecule has 1 saturated heterocycles. The van der Waals surface area contributed by atoms with Crippen LogP contribution in [0.5, 0.6) is 0 Å². The van der Waals surface area contributed by atoms with Gasteiger partial charge in [-0.05, 0) is 31.2 Å². The lowest BCUT2D eigenvalue weighted by molar-refractivity contribution is -0.144. The fourth-order valence-corrected chi connectivity index (χ4v) is 3.01. The maximum absolute atomic E-state index is 12.3. The molecule has 1 aromatic carbocycles. The Balaban J connectivity index is 1.63. The number of rotatable bonds is 3. The van der Waals surface area contributed by atoms with Gasteiger partial charge in [0.2, 0.25) is 0 Å². The Morgan fingerprint density at radius 1 is 1.24 bits per heavy atom. The SMILES string of the molecule is O=C(O)C1CCC2(CC2)N(C(=O)OCc2ccccc2)C1. The molecule has 0 aromatic heterocycles. The molecule has 112 valence electrons. The van der Waals surface area contributed by atoms with Crippen LogP contribution < -0.4 is 0 Å². The molecule has 1 saturated carbocycles. The van der Waals surface area contributed by atoms with E-state index in [1.165, 1.54) is 0 Å². The summed E-state index contributed by atoms with van der Waals surface area (Å²) in [5.41, 5.74) is 0.808. The third-order valence-electron chi connectivity index (χ3n) is 4.54. The van der Waals surface area contributed by atoms with Crippen LogP contribution in [0.25, 0.3) is 0 Å². The molecule has 1 heterocycles. The van der Waals surface area contributed by atoms with Gasteiger partial charge in [0.05, 0.1) is 5.92 Å². The molecule has 2 aliphatic rings. The Bertz CT molecular complexity index is 538. The van der Waals surface area contributed by atoms with E-state index in [9.17, 15) is 9.59 Å². The molecular weight excluding hydrogens is 270 g/mol. The predicted octanol–water partition coefficient (Wildman–Crippen LogP) is 2.65. The Hall–Kier alpha value is -2.04. The summed E-state index contributed by atoms with van der Waals surface area (Å²) in [6.45, 7) is 0.493. The number of carbonyl (C=O) groups is 2. The van der Waals surface area contributed by atoms with Gasteiger partial charge >= 0.3 is 12.1 Å². The van der Waals surface area contributed by atoms with Gasteiger partial charge in [0.25, 0.3) is 0 Å².